The van der Waals surface area contributed by atoms with Gasteiger partial charge in [0.15, 0.2) is 7.14 Å². The summed E-state index contributed by atoms with van der Waals surface area (Å²) in [6, 6.07) is 31.9. The first-order valence-electron chi connectivity index (χ1n) is 9.26. The van der Waals surface area contributed by atoms with E-state index in [1.54, 1.807) is 6.20 Å². The zero-order chi connectivity index (χ0) is 19.0. The van der Waals surface area contributed by atoms with Crippen LogP contribution >= 0.6 is 7.14 Å². The molecule has 0 radical (unpaired) electrons. The zero-order valence-corrected chi connectivity index (χ0v) is 16.1. The largest absolute Gasteiger partial charge is 0.309 e. The standard InChI is InChI=1S/C25H18NOP/c27-28(20-10-3-1-4-11-20,21-12-5-2-6-13-21)25-18-26-17-24-22-14-8-7-9-19(22)15-16-23(24)25/h1-18H. The zero-order valence-electron chi connectivity index (χ0n) is 15.2. The predicted molar refractivity (Wildman–Crippen MR) is 119 cm³/mol. The van der Waals surface area contributed by atoms with Gasteiger partial charge in [0.05, 0.1) is 0 Å². The van der Waals surface area contributed by atoms with E-state index >= 15 is 0 Å². The van der Waals surface area contributed by atoms with Gasteiger partial charge in [-0.25, -0.2) is 0 Å². The van der Waals surface area contributed by atoms with E-state index in [-0.39, 0.29) is 0 Å². The third-order valence-electron chi connectivity index (χ3n) is 5.23. The van der Waals surface area contributed by atoms with Crippen molar-refractivity contribution in [3.63, 3.8) is 0 Å². The molecule has 134 valence electrons. The molecule has 0 aliphatic heterocycles. The topological polar surface area (TPSA) is 30.0 Å². The number of benzene rings is 4. The first-order chi connectivity index (χ1) is 13.8. The van der Waals surface area contributed by atoms with Gasteiger partial charge in [-0.1, -0.05) is 97.1 Å². The van der Waals surface area contributed by atoms with Crippen molar-refractivity contribution in [1.29, 1.82) is 0 Å². The monoisotopic (exact) mass is 379 g/mol. The highest BCUT2D eigenvalue weighted by Crippen LogP contribution is 2.44. The molecule has 1 heterocycles. The minimum atomic E-state index is -3.06. The minimum absolute atomic E-state index is 0.785. The van der Waals surface area contributed by atoms with Crippen LogP contribution in [-0.4, -0.2) is 4.98 Å². The Morgan fingerprint density at radius 2 is 1.14 bits per heavy atom. The Morgan fingerprint density at radius 3 is 1.82 bits per heavy atom. The molecule has 0 fully saturated rings. The molecule has 0 spiro atoms. The fourth-order valence-corrected chi connectivity index (χ4v) is 6.67. The first kappa shape index (κ1) is 16.9. The van der Waals surface area contributed by atoms with Crippen molar-refractivity contribution >= 4 is 44.6 Å². The summed E-state index contributed by atoms with van der Waals surface area (Å²) in [5.74, 6) is 0. The SMILES string of the molecule is O=P(c1ccccc1)(c1ccccc1)c1cncc2c1ccc1ccccc12. The Kier molecular flexibility index (Phi) is 4.07. The smallest absolute Gasteiger partial charge is 0.173 e. The Labute approximate surface area is 163 Å². The molecule has 4 aromatic carbocycles. The van der Waals surface area contributed by atoms with Crippen molar-refractivity contribution in [1.82, 2.24) is 4.98 Å². The highest BCUT2D eigenvalue weighted by molar-refractivity contribution is 7.85. The van der Waals surface area contributed by atoms with Crippen LogP contribution in [0, 0.1) is 0 Å². The van der Waals surface area contributed by atoms with Gasteiger partial charge in [0.2, 0.25) is 0 Å². The molecule has 5 rings (SSSR count). The van der Waals surface area contributed by atoms with E-state index in [0.717, 1.165) is 37.5 Å². The summed E-state index contributed by atoms with van der Waals surface area (Å²) >= 11 is 0. The highest BCUT2D eigenvalue weighted by atomic mass is 31.2. The highest BCUT2D eigenvalue weighted by Gasteiger charge is 2.31. The minimum Gasteiger partial charge on any atom is -0.309 e. The van der Waals surface area contributed by atoms with Crippen LogP contribution < -0.4 is 15.9 Å². The molecule has 0 bridgehead atoms. The van der Waals surface area contributed by atoms with Crippen LogP contribution in [0.15, 0.2) is 109 Å². The lowest BCUT2D eigenvalue weighted by Crippen LogP contribution is -2.25. The summed E-state index contributed by atoms with van der Waals surface area (Å²) in [6.07, 6.45) is 3.65. The van der Waals surface area contributed by atoms with E-state index in [1.165, 1.54) is 0 Å². The second-order valence-electron chi connectivity index (χ2n) is 6.82. The number of pyridine rings is 1. The molecule has 1 aromatic heterocycles. The van der Waals surface area contributed by atoms with Gasteiger partial charge >= 0.3 is 0 Å². The van der Waals surface area contributed by atoms with Gasteiger partial charge in [-0.2, -0.15) is 0 Å². The maximum absolute atomic E-state index is 14.7. The second kappa shape index (κ2) is 6.74. The number of nitrogens with zero attached hydrogens (tertiary/aromatic N) is 1. The van der Waals surface area contributed by atoms with Gasteiger partial charge in [-0.15, -0.1) is 0 Å². The van der Waals surface area contributed by atoms with Crippen LogP contribution in [0.4, 0.5) is 0 Å². The molecule has 0 amide bonds. The normalized spacial score (nSPS) is 11.7. The maximum atomic E-state index is 14.7. The molecule has 0 aliphatic carbocycles. The van der Waals surface area contributed by atoms with Crippen molar-refractivity contribution in [2.24, 2.45) is 0 Å². The summed E-state index contributed by atoms with van der Waals surface area (Å²) in [5.41, 5.74) is 0. The summed E-state index contributed by atoms with van der Waals surface area (Å²) in [5, 5.41) is 6.73. The molecular formula is C25H18NOP. The predicted octanol–water partition coefficient (Wildman–Crippen LogP) is 5.03. The van der Waals surface area contributed by atoms with Gasteiger partial charge in [-0.3, -0.25) is 4.98 Å². The number of hydrogen-bond acceptors (Lipinski definition) is 2. The van der Waals surface area contributed by atoms with E-state index in [9.17, 15) is 4.57 Å². The maximum Gasteiger partial charge on any atom is 0.173 e. The molecule has 5 aromatic rings. The van der Waals surface area contributed by atoms with Crippen molar-refractivity contribution in [2.75, 3.05) is 0 Å². The number of hydrogen-bond donors (Lipinski definition) is 0. The van der Waals surface area contributed by atoms with E-state index < -0.39 is 7.14 Å². The van der Waals surface area contributed by atoms with E-state index in [4.69, 9.17) is 0 Å². The third kappa shape index (κ3) is 2.58. The van der Waals surface area contributed by atoms with E-state index in [0.29, 0.717) is 0 Å². The molecule has 0 atom stereocenters. The summed E-state index contributed by atoms with van der Waals surface area (Å²) < 4.78 is 14.7. The molecule has 0 saturated carbocycles. The lowest BCUT2D eigenvalue weighted by molar-refractivity contribution is 0.592. The third-order valence-corrected chi connectivity index (χ3v) is 8.31. The van der Waals surface area contributed by atoms with Crippen LogP contribution in [0.2, 0.25) is 0 Å². The van der Waals surface area contributed by atoms with Gasteiger partial charge < -0.3 is 4.57 Å². The average Bonchev–Trinajstić information content (AvgIpc) is 2.79. The Morgan fingerprint density at radius 1 is 0.536 bits per heavy atom. The molecule has 3 heteroatoms. The molecule has 0 aliphatic rings. The molecule has 2 nitrogen and oxygen atoms in total. The molecule has 0 unspecified atom stereocenters. The van der Waals surface area contributed by atoms with Crippen LogP contribution in [0.5, 0.6) is 0 Å². The molecule has 28 heavy (non-hydrogen) atoms. The number of aromatic nitrogens is 1. The molecule has 0 saturated heterocycles. The molecular weight excluding hydrogens is 361 g/mol. The van der Waals surface area contributed by atoms with E-state index in [1.807, 2.05) is 79.0 Å². The fourth-order valence-electron chi connectivity index (χ4n) is 3.86. The van der Waals surface area contributed by atoms with Crippen LogP contribution in [0.1, 0.15) is 0 Å². The van der Waals surface area contributed by atoms with Crippen molar-refractivity contribution < 1.29 is 4.57 Å². The van der Waals surface area contributed by atoms with Crippen LogP contribution in [0.3, 0.4) is 0 Å². The first-order valence-corrected chi connectivity index (χ1v) is 11.0. The van der Waals surface area contributed by atoms with Gasteiger partial charge in [0, 0.05) is 33.7 Å². The van der Waals surface area contributed by atoms with Crippen LogP contribution in [-0.2, 0) is 4.57 Å². The van der Waals surface area contributed by atoms with Crippen molar-refractivity contribution in [3.05, 3.63) is 109 Å². The lowest BCUT2D eigenvalue weighted by Gasteiger charge is -2.21. The summed E-state index contributed by atoms with van der Waals surface area (Å²) in [4.78, 5) is 4.51. The van der Waals surface area contributed by atoms with Crippen molar-refractivity contribution in [3.8, 4) is 0 Å². The summed E-state index contributed by atoms with van der Waals surface area (Å²) in [7, 11) is -3.06. The average molecular weight is 379 g/mol. The Bertz CT molecular complexity index is 1290. The summed E-state index contributed by atoms with van der Waals surface area (Å²) in [6.45, 7) is 0. The van der Waals surface area contributed by atoms with E-state index in [2.05, 4.69) is 29.2 Å². The fraction of sp³-hybridized carbons (Fsp3) is 0. The van der Waals surface area contributed by atoms with Crippen LogP contribution in [0.25, 0.3) is 21.5 Å². The molecule has 0 N–H and O–H groups in total. The quantitative estimate of drug-likeness (QED) is 0.325. The van der Waals surface area contributed by atoms with Gasteiger partial charge in [0.25, 0.3) is 0 Å². The van der Waals surface area contributed by atoms with Gasteiger partial charge in [0.1, 0.15) is 0 Å². The number of fused-ring (bicyclic) bond motifs is 3. The second-order valence-corrected chi connectivity index (χ2v) is 9.55. The van der Waals surface area contributed by atoms with Crippen molar-refractivity contribution in [2.45, 2.75) is 0 Å². The Hall–Kier alpha value is -3.22. The lowest BCUT2D eigenvalue weighted by atomic mass is 10.0. The number of rotatable bonds is 3. The van der Waals surface area contributed by atoms with Gasteiger partial charge in [-0.05, 0) is 16.2 Å². The Balaban J connectivity index is 1.90.